The van der Waals surface area contributed by atoms with Crippen molar-refractivity contribution in [3.05, 3.63) is 23.9 Å². The number of likely N-dealkylation sites (N-methyl/N-ethyl adjacent to an activating group) is 1. The summed E-state index contributed by atoms with van der Waals surface area (Å²) in [6.07, 6.45) is 4.53. The van der Waals surface area contributed by atoms with E-state index in [0.29, 0.717) is 13.0 Å². The maximum Gasteiger partial charge on any atom is 0.237 e. The Labute approximate surface area is 155 Å². The number of thioether (sulfide) groups is 1. The number of amides is 1. The SMILES string of the molecule is CSCC[C@H](N)C(=O)NCc1ccnc(N2CCN(C)CC2)c1.Cl. The number of anilines is 1. The fourth-order valence-electron chi connectivity index (χ4n) is 2.48. The first-order chi connectivity index (χ1) is 11.1. The van der Waals surface area contributed by atoms with Crippen molar-refractivity contribution in [3.8, 4) is 0 Å². The quantitative estimate of drug-likeness (QED) is 0.741. The number of pyridine rings is 1. The van der Waals surface area contributed by atoms with Gasteiger partial charge in [-0.1, -0.05) is 0 Å². The Hall–Kier alpha value is -1.02. The number of nitrogens with two attached hydrogens (primary N) is 1. The lowest BCUT2D eigenvalue weighted by atomic mass is 10.2. The van der Waals surface area contributed by atoms with Crippen molar-refractivity contribution in [2.45, 2.75) is 19.0 Å². The van der Waals surface area contributed by atoms with Gasteiger partial charge in [0.2, 0.25) is 5.91 Å². The molecule has 0 unspecified atom stereocenters. The number of carbonyl (C=O) groups is 1. The summed E-state index contributed by atoms with van der Waals surface area (Å²) < 4.78 is 0. The Kier molecular flexibility index (Phi) is 9.43. The van der Waals surface area contributed by atoms with Crippen LogP contribution in [0.15, 0.2) is 18.3 Å². The minimum atomic E-state index is -0.429. The first-order valence-electron chi connectivity index (χ1n) is 8.01. The van der Waals surface area contributed by atoms with Crippen LogP contribution in [0.1, 0.15) is 12.0 Å². The highest BCUT2D eigenvalue weighted by molar-refractivity contribution is 7.98. The molecule has 1 fully saturated rings. The van der Waals surface area contributed by atoms with E-state index in [1.807, 2.05) is 18.5 Å². The number of halogens is 1. The lowest BCUT2D eigenvalue weighted by molar-refractivity contribution is -0.122. The number of rotatable bonds is 7. The zero-order valence-corrected chi connectivity index (χ0v) is 16.0. The average molecular weight is 374 g/mol. The van der Waals surface area contributed by atoms with Gasteiger partial charge in [-0.25, -0.2) is 4.98 Å². The highest BCUT2D eigenvalue weighted by Crippen LogP contribution is 2.14. The van der Waals surface area contributed by atoms with Crippen molar-refractivity contribution in [1.82, 2.24) is 15.2 Å². The summed E-state index contributed by atoms with van der Waals surface area (Å²) in [5.74, 6) is 1.80. The molecule has 3 N–H and O–H groups in total. The van der Waals surface area contributed by atoms with E-state index in [2.05, 4.69) is 33.2 Å². The van der Waals surface area contributed by atoms with Crippen LogP contribution in [0.4, 0.5) is 5.82 Å². The van der Waals surface area contributed by atoms with Gasteiger partial charge in [0.25, 0.3) is 0 Å². The number of carbonyl (C=O) groups excluding carboxylic acids is 1. The van der Waals surface area contributed by atoms with Crippen molar-refractivity contribution in [2.75, 3.05) is 50.1 Å². The highest BCUT2D eigenvalue weighted by Gasteiger charge is 2.16. The van der Waals surface area contributed by atoms with E-state index in [-0.39, 0.29) is 18.3 Å². The molecule has 1 atom stereocenters. The zero-order chi connectivity index (χ0) is 16.7. The minimum absolute atomic E-state index is 0. The Balaban J connectivity index is 0.00000288. The molecule has 24 heavy (non-hydrogen) atoms. The predicted octanol–water partition coefficient (Wildman–Crippen LogP) is 0.952. The molecule has 0 aliphatic carbocycles. The van der Waals surface area contributed by atoms with Crippen LogP contribution in [-0.4, -0.2) is 67.1 Å². The predicted molar refractivity (Wildman–Crippen MR) is 104 cm³/mol. The number of hydrogen-bond donors (Lipinski definition) is 2. The van der Waals surface area contributed by atoms with Gasteiger partial charge in [-0.05, 0) is 43.2 Å². The summed E-state index contributed by atoms with van der Waals surface area (Å²) in [5, 5.41) is 2.92. The zero-order valence-electron chi connectivity index (χ0n) is 14.4. The average Bonchev–Trinajstić information content (AvgIpc) is 2.58. The molecule has 0 aromatic carbocycles. The number of aromatic nitrogens is 1. The molecule has 1 aliphatic heterocycles. The molecule has 2 heterocycles. The van der Waals surface area contributed by atoms with E-state index in [9.17, 15) is 4.79 Å². The third kappa shape index (κ3) is 6.47. The molecule has 0 saturated carbocycles. The molecule has 0 spiro atoms. The normalized spacial score (nSPS) is 16.4. The fourth-order valence-corrected chi connectivity index (χ4v) is 2.96. The molecule has 1 aliphatic rings. The van der Waals surface area contributed by atoms with Gasteiger partial charge in [-0.3, -0.25) is 4.79 Å². The highest BCUT2D eigenvalue weighted by atomic mass is 35.5. The van der Waals surface area contributed by atoms with Gasteiger partial charge in [0.15, 0.2) is 0 Å². The van der Waals surface area contributed by atoms with Crippen LogP contribution in [0, 0.1) is 0 Å². The monoisotopic (exact) mass is 373 g/mol. The van der Waals surface area contributed by atoms with Gasteiger partial charge in [0.1, 0.15) is 5.82 Å². The van der Waals surface area contributed by atoms with Gasteiger partial charge < -0.3 is 20.9 Å². The largest absolute Gasteiger partial charge is 0.354 e. The van der Waals surface area contributed by atoms with E-state index in [1.165, 1.54) is 0 Å². The number of nitrogens with zero attached hydrogens (tertiary/aromatic N) is 3. The summed E-state index contributed by atoms with van der Waals surface area (Å²) in [5.41, 5.74) is 6.93. The number of nitrogens with one attached hydrogen (secondary N) is 1. The van der Waals surface area contributed by atoms with Gasteiger partial charge in [0, 0.05) is 38.9 Å². The smallest absolute Gasteiger partial charge is 0.237 e. The van der Waals surface area contributed by atoms with Crippen molar-refractivity contribution in [3.63, 3.8) is 0 Å². The minimum Gasteiger partial charge on any atom is -0.354 e. The molecule has 8 heteroatoms. The molecule has 1 aromatic heterocycles. The molecule has 1 saturated heterocycles. The molecule has 136 valence electrons. The van der Waals surface area contributed by atoms with Gasteiger partial charge in [-0.15, -0.1) is 12.4 Å². The Bertz CT molecular complexity index is 511. The van der Waals surface area contributed by atoms with Crippen LogP contribution < -0.4 is 16.0 Å². The third-order valence-corrected chi connectivity index (χ3v) is 4.72. The summed E-state index contributed by atoms with van der Waals surface area (Å²) in [6.45, 7) is 4.56. The van der Waals surface area contributed by atoms with E-state index < -0.39 is 6.04 Å². The van der Waals surface area contributed by atoms with E-state index in [4.69, 9.17) is 5.73 Å². The van der Waals surface area contributed by atoms with Crippen LogP contribution in [0.25, 0.3) is 0 Å². The number of hydrogen-bond acceptors (Lipinski definition) is 6. The molecule has 0 bridgehead atoms. The molecule has 6 nitrogen and oxygen atoms in total. The summed E-state index contributed by atoms with van der Waals surface area (Å²) >= 11 is 1.70. The van der Waals surface area contributed by atoms with Crippen molar-refractivity contribution in [2.24, 2.45) is 5.73 Å². The van der Waals surface area contributed by atoms with Gasteiger partial charge >= 0.3 is 0 Å². The maximum absolute atomic E-state index is 12.0. The Morgan fingerprint density at radius 2 is 2.12 bits per heavy atom. The van der Waals surface area contributed by atoms with Gasteiger partial charge in [-0.2, -0.15) is 11.8 Å². The summed E-state index contributed by atoms with van der Waals surface area (Å²) in [4.78, 5) is 21.0. The fraction of sp³-hybridized carbons (Fsp3) is 0.625. The Morgan fingerprint density at radius 3 is 2.79 bits per heavy atom. The van der Waals surface area contributed by atoms with Crippen LogP contribution in [-0.2, 0) is 11.3 Å². The summed E-state index contributed by atoms with van der Waals surface area (Å²) in [6, 6.07) is 3.56. The standard InChI is InChI=1S/C16H27N5OS.ClH/c1-20-6-8-21(9-7-20)15-11-13(3-5-18-15)12-19-16(22)14(17)4-10-23-2;/h3,5,11,14H,4,6-10,12,17H2,1-2H3,(H,19,22);1H/t14-;/m0./s1. The topological polar surface area (TPSA) is 74.5 Å². The van der Waals surface area contributed by atoms with Crippen LogP contribution in [0.3, 0.4) is 0 Å². The van der Waals surface area contributed by atoms with E-state index in [0.717, 1.165) is 43.3 Å². The third-order valence-electron chi connectivity index (χ3n) is 4.07. The van der Waals surface area contributed by atoms with Crippen molar-refractivity contribution < 1.29 is 4.79 Å². The molecule has 0 radical (unpaired) electrons. The van der Waals surface area contributed by atoms with Crippen LogP contribution in [0.5, 0.6) is 0 Å². The molecule has 1 aromatic rings. The Morgan fingerprint density at radius 1 is 1.42 bits per heavy atom. The second-order valence-corrected chi connectivity index (χ2v) is 6.90. The van der Waals surface area contributed by atoms with Crippen molar-refractivity contribution in [1.29, 1.82) is 0 Å². The van der Waals surface area contributed by atoms with Gasteiger partial charge in [0.05, 0.1) is 6.04 Å². The van der Waals surface area contributed by atoms with Crippen LogP contribution >= 0.6 is 24.2 Å². The number of piperazine rings is 1. The van der Waals surface area contributed by atoms with E-state index >= 15 is 0 Å². The second kappa shape index (κ2) is 10.8. The summed E-state index contributed by atoms with van der Waals surface area (Å²) in [7, 11) is 2.14. The molecule has 1 amide bonds. The van der Waals surface area contributed by atoms with Crippen LogP contribution in [0.2, 0.25) is 0 Å². The first-order valence-corrected chi connectivity index (χ1v) is 9.40. The van der Waals surface area contributed by atoms with E-state index in [1.54, 1.807) is 11.8 Å². The lowest BCUT2D eigenvalue weighted by Gasteiger charge is -2.33. The van der Waals surface area contributed by atoms with Crippen molar-refractivity contribution >= 4 is 35.9 Å². The molecular formula is C16H28ClN5OS. The first kappa shape index (κ1) is 21.0. The molecular weight excluding hydrogens is 346 g/mol. The maximum atomic E-state index is 12.0. The second-order valence-electron chi connectivity index (χ2n) is 5.92. The molecule has 2 rings (SSSR count). The lowest BCUT2D eigenvalue weighted by Crippen LogP contribution is -2.44.